The van der Waals surface area contributed by atoms with E-state index >= 15 is 0 Å². The molecule has 4 rings (SSSR count). The third-order valence-corrected chi connectivity index (χ3v) is 4.61. The Balaban J connectivity index is 1.41. The van der Waals surface area contributed by atoms with Crippen LogP contribution >= 0.6 is 0 Å². The normalized spacial score (nSPS) is 27.7. The minimum absolute atomic E-state index is 0.232. The molecule has 110 valence electrons. The van der Waals surface area contributed by atoms with Crippen LogP contribution in [-0.2, 0) is 6.61 Å². The molecule has 21 heavy (non-hydrogen) atoms. The van der Waals surface area contributed by atoms with Gasteiger partial charge in [0.25, 0.3) is 0 Å². The predicted octanol–water partition coefficient (Wildman–Crippen LogP) is 2.71. The van der Waals surface area contributed by atoms with Gasteiger partial charge in [-0.2, -0.15) is 4.98 Å². The highest BCUT2D eigenvalue weighted by molar-refractivity contribution is 5.21. The van der Waals surface area contributed by atoms with Gasteiger partial charge in [0.1, 0.15) is 5.75 Å². The maximum absolute atomic E-state index is 5.65. The predicted molar refractivity (Wildman–Crippen MR) is 76.6 cm³/mol. The van der Waals surface area contributed by atoms with Crippen molar-refractivity contribution in [3.05, 3.63) is 42.0 Å². The number of nitrogens with one attached hydrogen (secondary N) is 1. The van der Waals surface area contributed by atoms with Crippen LogP contribution in [0.1, 0.15) is 37.0 Å². The second-order valence-corrected chi connectivity index (χ2v) is 5.89. The van der Waals surface area contributed by atoms with E-state index in [0.717, 1.165) is 24.1 Å². The second kappa shape index (κ2) is 5.48. The topological polar surface area (TPSA) is 60.2 Å². The highest BCUT2D eigenvalue weighted by Crippen LogP contribution is 2.43. The van der Waals surface area contributed by atoms with E-state index in [1.165, 1.54) is 19.3 Å². The van der Waals surface area contributed by atoms with Crippen LogP contribution in [0, 0.1) is 11.8 Å². The standard InChI is InChI=1S/C16H19N3O2/c1-2-6-12(7-3-1)20-10-14-18-16(21-19-14)15-13-8-4-5-11(13)9-17-15/h1-3,6-7,11,13,15,17H,4-5,8-10H2. The molecule has 1 aliphatic heterocycles. The van der Waals surface area contributed by atoms with E-state index in [1.807, 2.05) is 30.3 Å². The fourth-order valence-corrected chi connectivity index (χ4v) is 3.57. The largest absolute Gasteiger partial charge is 0.485 e. The summed E-state index contributed by atoms with van der Waals surface area (Å²) in [6.45, 7) is 1.42. The molecule has 0 amide bonds. The maximum Gasteiger partial charge on any atom is 0.244 e. The zero-order valence-electron chi connectivity index (χ0n) is 11.9. The molecule has 1 saturated heterocycles. The minimum Gasteiger partial charge on any atom is -0.485 e. The second-order valence-electron chi connectivity index (χ2n) is 5.89. The van der Waals surface area contributed by atoms with E-state index in [2.05, 4.69) is 15.5 Å². The summed E-state index contributed by atoms with van der Waals surface area (Å²) in [5.74, 6) is 3.59. The monoisotopic (exact) mass is 285 g/mol. The average Bonchev–Trinajstić information content (AvgIpc) is 3.22. The van der Waals surface area contributed by atoms with Crippen LogP contribution < -0.4 is 10.1 Å². The minimum atomic E-state index is 0.232. The first-order chi connectivity index (χ1) is 10.4. The molecule has 0 spiro atoms. The number of fused-ring (bicyclic) bond motifs is 1. The highest BCUT2D eigenvalue weighted by Gasteiger charge is 2.42. The maximum atomic E-state index is 5.65. The van der Waals surface area contributed by atoms with Crippen molar-refractivity contribution in [3.63, 3.8) is 0 Å². The van der Waals surface area contributed by atoms with Gasteiger partial charge in [-0.05, 0) is 43.4 Å². The summed E-state index contributed by atoms with van der Waals surface area (Å²) in [5.41, 5.74) is 0. The number of hydrogen-bond donors (Lipinski definition) is 1. The van der Waals surface area contributed by atoms with Crippen molar-refractivity contribution in [1.29, 1.82) is 0 Å². The van der Waals surface area contributed by atoms with E-state index in [0.29, 0.717) is 18.3 Å². The number of nitrogens with zero attached hydrogens (tertiary/aromatic N) is 2. The summed E-state index contributed by atoms with van der Waals surface area (Å²) in [6.07, 6.45) is 3.92. The van der Waals surface area contributed by atoms with Gasteiger partial charge in [-0.15, -0.1) is 0 Å². The molecule has 1 aromatic heterocycles. The Morgan fingerprint density at radius 3 is 3.05 bits per heavy atom. The number of para-hydroxylation sites is 1. The Morgan fingerprint density at radius 1 is 1.24 bits per heavy atom. The molecule has 1 aliphatic carbocycles. The Bertz CT molecular complexity index is 599. The summed E-state index contributed by atoms with van der Waals surface area (Å²) < 4.78 is 11.1. The Hall–Kier alpha value is -1.88. The van der Waals surface area contributed by atoms with Gasteiger partial charge >= 0.3 is 0 Å². The van der Waals surface area contributed by atoms with Gasteiger partial charge in [-0.1, -0.05) is 29.8 Å². The smallest absolute Gasteiger partial charge is 0.244 e. The van der Waals surface area contributed by atoms with E-state index in [9.17, 15) is 0 Å². The Labute approximate surface area is 123 Å². The van der Waals surface area contributed by atoms with E-state index in [-0.39, 0.29) is 6.04 Å². The highest BCUT2D eigenvalue weighted by atomic mass is 16.5. The molecule has 2 aromatic rings. The summed E-state index contributed by atoms with van der Waals surface area (Å²) in [7, 11) is 0. The molecule has 1 aromatic carbocycles. The molecule has 0 radical (unpaired) electrons. The first-order valence-electron chi connectivity index (χ1n) is 7.64. The fourth-order valence-electron chi connectivity index (χ4n) is 3.57. The SMILES string of the molecule is c1ccc(OCc2noc(C3NCC4CCCC43)n2)cc1. The lowest BCUT2D eigenvalue weighted by atomic mass is 9.94. The molecule has 2 fully saturated rings. The molecule has 1 saturated carbocycles. The van der Waals surface area contributed by atoms with Gasteiger partial charge in [0, 0.05) is 0 Å². The lowest BCUT2D eigenvalue weighted by molar-refractivity contribution is 0.277. The average molecular weight is 285 g/mol. The first-order valence-corrected chi connectivity index (χ1v) is 7.64. The van der Waals surface area contributed by atoms with Crippen molar-refractivity contribution in [2.75, 3.05) is 6.54 Å². The molecule has 0 bridgehead atoms. The molecule has 3 atom stereocenters. The van der Waals surface area contributed by atoms with Crippen molar-refractivity contribution in [2.24, 2.45) is 11.8 Å². The third-order valence-electron chi connectivity index (χ3n) is 4.61. The van der Waals surface area contributed by atoms with Crippen LogP contribution in [0.3, 0.4) is 0 Å². The number of ether oxygens (including phenoxy) is 1. The van der Waals surface area contributed by atoms with Gasteiger partial charge in [-0.3, -0.25) is 0 Å². The fraction of sp³-hybridized carbons (Fsp3) is 0.500. The molecule has 5 heteroatoms. The molecule has 2 heterocycles. The Kier molecular flexibility index (Phi) is 3.35. The van der Waals surface area contributed by atoms with E-state index in [1.54, 1.807) is 0 Å². The molecule has 1 N–H and O–H groups in total. The quantitative estimate of drug-likeness (QED) is 0.936. The van der Waals surface area contributed by atoms with E-state index < -0.39 is 0 Å². The first kappa shape index (κ1) is 12.8. The van der Waals surface area contributed by atoms with E-state index in [4.69, 9.17) is 9.26 Å². The van der Waals surface area contributed by atoms with Gasteiger partial charge in [0.15, 0.2) is 6.61 Å². The zero-order chi connectivity index (χ0) is 14.1. The van der Waals surface area contributed by atoms with Crippen LogP contribution in [0.25, 0.3) is 0 Å². The van der Waals surface area contributed by atoms with Crippen LogP contribution in [0.4, 0.5) is 0 Å². The summed E-state index contributed by atoms with van der Waals surface area (Å²) in [5, 5.41) is 7.56. The Morgan fingerprint density at radius 2 is 2.14 bits per heavy atom. The van der Waals surface area contributed by atoms with Gasteiger partial charge in [0.2, 0.25) is 11.7 Å². The van der Waals surface area contributed by atoms with Crippen LogP contribution in [-0.4, -0.2) is 16.7 Å². The third kappa shape index (κ3) is 2.53. The number of rotatable bonds is 4. The molecular formula is C16H19N3O2. The van der Waals surface area contributed by atoms with Crippen LogP contribution in [0.15, 0.2) is 34.9 Å². The van der Waals surface area contributed by atoms with Gasteiger partial charge in [0.05, 0.1) is 6.04 Å². The summed E-state index contributed by atoms with van der Waals surface area (Å²) in [6, 6.07) is 9.92. The van der Waals surface area contributed by atoms with Crippen molar-refractivity contribution >= 4 is 0 Å². The molecular weight excluding hydrogens is 266 g/mol. The van der Waals surface area contributed by atoms with Gasteiger partial charge in [-0.25, -0.2) is 0 Å². The van der Waals surface area contributed by atoms with Crippen molar-refractivity contribution in [3.8, 4) is 5.75 Å². The van der Waals surface area contributed by atoms with Crippen LogP contribution in [0.2, 0.25) is 0 Å². The molecule has 3 unspecified atom stereocenters. The number of benzene rings is 1. The van der Waals surface area contributed by atoms with Crippen LogP contribution in [0.5, 0.6) is 5.75 Å². The molecule has 5 nitrogen and oxygen atoms in total. The lowest BCUT2D eigenvalue weighted by Crippen LogP contribution is -2.18. The lowest BCUT2D eigenvalue weighted by Gasteiger charge is -2.13. The van der Waals surface area contributed by atoms with Gasteiger partial charge < -0.3 is 14.6 Å². The van der Waals surface area contributed by atoms with Crippen molar-refractivity contribution in [2.45, 2.75) is 31.9 Å². The van der Waals surface area contributed by atoms with Crippen molar-refractivity contribution < 1.29 is 9.26 Å². The number of aromatic nitrogens is 2. The molecule has 2 aliphatic rings. The zero-order valence-corrected chi connectivity index (χ0v) is 11.9. The summed E-state index contributed by atoms with van der Waals surface area (Å²) >= 11 is 0. The van der Waals surface area contributed by atoms with Crippen molar-refractivity contribution in [1.82, 2.24) is 15.5 Å². The number of hydrogen-bond acceptors (Lipinski definition) is 5. The summed E-state index contributed by atoms with van der Waals surface area (Å²) in [4.78, 5) is 4.50.